The highest BCUT2D eigenvalue weighted by atomic mass is 16.2. The SMILES string of the molecule is Cn1cc(N2CCN(C(=O)C3CCCN3C(=O)C3CC3)CC2)cn1. The second-order valence-corrected chi connectivity index (χ2v) is 7.15. The van der Waals surface area contributed by atoms with Gasteiger partial charge in [0.25, 0.3) is 0 Å². The molecule has 3 fully saturated rings. The van der Waals surface area contributed by atoms with Crippen LogP contribution in [0.5, 0.6) is 0 Å². The van der Waals surface area contributed by atoms with Gasteiger partial charge in [-0.2, -0.15) is 5.10 Å². The van der Waals surface area contributed by atoms with Gasteiger partial charge < -0.3 is 14.7 Å². The average molecular weight is 331 g/mol. The van der Waals surface area contributed by atoms with E-state index in [1.165, 1.54) is 0 Å². The zero-order valence-electron chi connectivity index (χ0n) is 14.2. The number of aromatic nitrogens is 2. The Kier molecular flexibility index (Phi) is 3.94. The summed E-state index contributed by atoms with van der Waals surface area (Å²) in [7, 11) is 1.91. The smallest absolute Gasteiger partial charge is 0.245 e. The van der Waals surface area contributed by atoms with Crippen molar-refractivity contribution < 1.29 is 9.59 Å². The lowest BCUT2D eigenvalue weighted by atomic mass is 10.1. The molecule has 2 saturated heterocycles. The Balaban J connectivity index is 1.36. The van der Waals surface area contributed by atoms with Crippen LogP contribution in [0.1, 0.15) is 25.7 Å². The van der Waals surface area contributed by atoms with Crippen LogP contribution in [-0.2, 0) is 16.6 Å². The maximum absolute atomic E-state index is 12.9. The van der Waals surface area contributed by atoms with Crippen molar-refractivity contribution in [3.8, 4) is 0 Å². The summed E-state index contributed by atoms with van der Waals surface area (Å²) in [4.78, 5) is 31.3. The van der Waals surface area contributed by atoms with Gasteiger partial charge in [-0.25, -0.2) is 0 Å². The maximum atomic E-state index is 12.9. The van der Waals surface area contributed by atoms with Gasteiger partial charge in [-0.3, -0.25) is 14.3 Å². The number of anilines is 1. The van der Waals surface area contributed by atoms with Crippen LogP contribution in [-0.4, -0.2) is 70.2 Å². The number of likely N-dealkylation sites (tertiary alicyclic amines) is 1. The minimum Gasteiger partial charge on any atom is -0.365 e. The van der Waals surface area contributed by atoms with Crippen LogP contribution in [0, 0.1) is 5.92 Å². The second-order valence-electron chi connectivity index (χ2n) is 7.15. The molecule has 130 valence electrons. The minimum absolute atomic E-state index is 0.146. The Morgan fingerprint density at radius 1 is 1.04 bits per heavy atom. The van der Waals surface area contributed by atoms with Crippen LogP contribution in [0.25, 0.3) is 0 Å². The fraction of sp³-hybridized carbons (Fsp3) is 0.706. The van der Waals surface area contributed by atoms with Gasteiger partial charge in [-0.15, -0.1) is 0 Å². The third-order valence-electron chi connectivity index (χ3n) is 5.40. The molecule has 1 aromatic heterocycles. The van der Waals surface area contributed by atoms with Gasteiger partial charge in [0.05, 0.1) is 11.9 Å². The fourth-order valence-corrected chi connectivity index (χ4v) is 3.82. The Morgan fingerprint density at radius 3 is 2.42 bits per heavy atom. The van der Waals surface area contributed by atoms with Crippen LogP contribution < -0.4 is 4.90 Å². The zero-order chi connectivity index (χ0) is 16.7. The Labute approximate surface area is 142 Å². The molecular weight excluding hydrogens is 306 g/mol. The van der Waals surface area contributed by atoms with Gasteiger partial charge >= 0.3 is 0 Å². The fourth-order valence-electron chi connectivity index (χ4n) is 3.82. The van der Waals surface area contributed by atoms with Crippen molar-refractivity contribution in [3.05, 3.63) is 12.4 Å². The van der Waals surface area contributed by atoms with E-state index in [9.17, 15) is 9.59 Å². The first-order valence-corrected chi connectivity index (χ1v) is 8.96. The first-order chi connectivity index (χ1) is 11.6. The van der Waals surface area contributed by atoms with Crippen molar-refractivity contribution in [2.75, 3.05) is 37.6 Å². The molecule has 2 aliphatic heterocycles. The second kappa shape index (κ2) is 6.11. The molecule has 1 saturated carbocycles. The van der Waals surface area contributed by atoms with E-state index in [0.29, 0.717) is 0 Å². The third-order valence-corrected chi connectivity index (χ3v) is 5.40. The number of rotatable bonds is 3. The molecule has 0 spiro atoms. The maximum Gasteiger partial charge on any atom is 0.245 e. The zero-order valence-corrected chi connectivity index (χ0v) is 14.2. The van der Waals surface area contributed by atoms with Crippen molar-refractivity contribution in [2.24, 2.45) is 13.0 Å². The number of nitrogens with zero attached hydrogens (tertiary/aromatic N) is 5. The Bertz CT molecular complexity index is 631. The summed E-state index contributed by atoms with van der Waals surface area (Å²) in [5, 5.41) is 4.21. The summed E-state index contributed by atoms with van der Waals surface area (Å²) in [5.74, 6) is 0.549. The van der Waals surface area contributed by atoms with Crippen molar-refractivity contribution in [1.82, 2.24) is 19.6 Å². The van der Waals surface area contributed by atoms with Gasteiger partial charge in [0.2, 0.25) is 11.8 Å². The van der Waals surface area contributed by atoms with E-state index in [4.69, 9.17) is 0 Å². The lowest BCUT2D eigenvalue weighted by Gasteiger charge is -2.37. The molecule has 0 N–H and O–H groups in total. The summed E-state index contributed by atoms with van der Waals surface area (Å²) in [6, 6.07) is -0.219. The minimum atomic E-state index is -0.219. The predicted octanol–water partition coefficient (Wildman–Crippen LogP) is 0.470. The van der Waals surface area contributed by atoms with Crippen LogP contribution >= 0.6 is 0 Å². The van der Waals surface area contributed by atoms with Crippen molar-refractivity contribution in [1.29, 1.82) is 0 Å². The molecule has 1 aliphatic carbocycles. The highest BCUT2D eigenvalue weighted by Crippen LogP contribution is 2.34. The monoisotopic (exact) mass is 331 g/mol. The van der Waals surface area contributed by atoms with Crippen LogP contribution in [0.15, 0.2) is 12.4 Å². The quantitative estimate of drug-likeness (QED) is 0.808. The molecule has 3 aliphatic rings. The molecule has 0 radical (unpaired) electrons. The first-order valence-electron chi connectivity index (χ1n) is 8.96. The summed E-state index contributed by atoms with van der Waals surface area (Å²) in [5.41, 5.74) is 1.11. The van der Waals surface area contributed by atoms with Gasteiger partial charge in [-0.05, 0) is 25.7 Å². The van der Waals surface area contributed by atoms with Crippen LogP contribution in [0.2, 0.25) is 0 Å². The number of carbonyl (C=O) groups is 2. The van der Waals surface area contributed by atoms with Crippen molar-refractivity contribution in [3.63, 3.8) is 0 Å². The lowest BCUT2D eigenvalue weighted by molar-refractivity contribution is -0.144. The van der Waals surface area contributed by atoms with Crippen LogP contribution in [0.4, 0.5) is 5.69 Å². The van der Waals surface area contributed by atoms with Gasteiger partial charge in [0.1, 0.15) is 6.04 Å². The normalized spacial score (nSPS) is 24.5. The number of hydrogen-bond donors (Lipinski definition) is 0. The van der Waals surface area contributed by atoms with E-state index >= 15 is 0 Å². The van der Waals surface area contributed by atoms with E-state index < -0.39 is 0 Å². The number of amides is 2. The van der Waals surface area contributed by atoms with E-state index in [1.54, 1.807) is 4.68 Å². The Hall–Kier alpha value is -2.05. The van der Waals surface area contributed by atoms with Crippen molar-refractivity contribution in [2.45, 2.75) is 31.7 Å². The molecule has 3 heterocycles. The summed E-state index contributed by atoms with van der Waals surface area (Å²) in [6.07, 6.45) is 7.64. The van der Waals surface area contributed by atoms with E-state index in [0.717, 1.165) is 64.1 Å². The highest BCUT2D eigenvalue weighted by molar-refractivity contribution is 5.90. The largest absolute Gasteiger partial charge is 0.365 e. The van der Waals surface area contributed by atoms with Gasteiger partial charge in [-0.1, -0.05) is 0 Å². The van der Waals surface area contributed by atoms with Crippen molar-refractivity contribution >= 4 is 17.5 Å². The molecule has 7 nitrogen and oxygen atoms in total. The number of aryl methyl sites for hydroxylation is 1. The third kappa shape index (κ3) is 2.87. The molecule has 1 unspecified atom stereocenters. The molecule has 1 aromatic rings. The Morgan fingerprint density at radius 2 is 1.79 bits per heavy atom. The first kappa shape index (κ1) is 15.5. The summed E-state index contributed by atoms with van der Waals surface area (Å²) in [6.45, 7) is 3.83. The average Bonchev–Trinajstić information content (AvgIpc) is 3.17. The van der Waals surface area contributed by atoms with E-state index in [-0.39, 0.29) is 23.8 Å². The predicted molar refractivity (Wildman–Crippen MR) is 89.5 cm³/mol. The van der Waals surface area contributed by atoms with Gasteiger partial charge in [0, 0.05) is 51.9 Å². The molecular formula is C17H25N5O2. The topological polar surface area (TPSA) is 61.7 Å². The summed E-state index contributed by atoms with van der Waals surface area (Å²) >= 11 is 0. The number of piperazine rings is 1. The van der Waals surface area contributed by atoms with Gasteiger partial charge in [0.15, 0.2) is 0 Å². The molecule has 0 bridgehead atoms. The highest BCUT2D eigenvalue weighted by Gasteiger charge is 2.42. The van der Waals surface area contributed by atoms with E-state index in [2.05, 4.69) is 10.00 Å². The molecule has 7 heteroatoms. The van der Waals surface area contributed by atoms with E-state index in [1.807, 2.05) is 29.2 Å². The molecule has 24 heavy (non-hydrogen) atoms. The summed E-state index contributed by atoms with van der Waals surface area (Å²) < 4.78 is 1.80. The standard InChI is InChI=1S/C17H25N5O2/c1-19-12-14(11-18-19)20-7-9-21(10-8-20)17(24)15-3-2-6-22(15)16(23)13-4-5-13/h11-13,15H,2-10H2,1H3. The molecule has 2 amide bonds. The number of hydrogen-bond acceptors (Lipinski definition) is 4. The molecule has 1 atom stereocenters. The number of carbonyl (C=O) groups excluding carboxylic acids is 2. The lowest BCUT2D eigenvalue weighted by Crippen LogP contribution is -2.54. The molecule has 4 rings (SSSR count). The van der Waals surface area contributed by atoms with Crippen LogP contribution in [0.3, 0.4) is 0 Å². The molecule has 0 aromatic carbocycles.